The molecule has 1 aromatic rings. The van der Waals surface area contributed by atoms with Crippen LogP contribution in [0.4, 0.5) is 13.2 Å². The van der Waals surface area contributed by atoms with Crippen molar-refractivity contribution < 1.29 is 17.9 Å². The number of hydrogen-bond donors (Lipinski definition) is 0. The summed E-state index contributed by atoms with van der Waals surface area (Å²) in [5.41, 5.74) is 0.866. The highest BCUT2D eigenvalue weighted by Crippen LogP contribution is 2.26. The number of benzene rings is 1. The number of nitrogens with zero attached hydrogens (tertiary/aromatic N) is 1. The minimum absolute atomic E-state index is 0.320. The van der Waals surface area contributed by atoms with E-state index in [1.165, 1.54) is 6.08 Å². The molecular formula is C14H16F3NO. The van der Waals surface area contributed by atoms with Crippen molar-refractivity contribution in [1.82, 2.24) is 4.90 Å². The SMILES string of the molecule is FC(F)(F)/C=C/[C@@H](c1ccccc1)N1CCOCC1. The Balaban J connectivity index is 2.20. The van der Waals surface area contributed by atoms with Crippen molar-refractivity contribution in [2.24, 2.45) is 0 Å². The van der Waals surface area contributed by atoms with Gasteiger partial charge < -0.3 is 4.74 Å². The summed E-state index contributed by atoms with van der Waals surface area (Å²) in [7, 11) is 0. The van der Waals surface area contributed by atoms with Gasteiger partial charge in [-0.25, -0.2) is 0 Å². The van der Waals surface area contributed by atoms with E-state index in [4.69, 9.17) is 4.74 Å². The standard InChI is InChI=1S/C14H16F3NO/c15-14(16,17)7-6-13(12-4-2-1-3-5-12)18-8-10-19-11-9-18/h1-7,13H,8-11H2/b7-6+/t13-/m0/s1. The van der Waals surface area contributed by atoms with Gasteiger partial charge in [0.25, 0.3) is 0 Å². The molecule has 0 saturated carbocycles. The molecule has 0 aromatic heterocycles. The van der Waals surface area contributed by atoms with Crippen LogP contribution in [0, 0.1) is 0 Å². The van der Waals surface area contributed by atoms with Crippen LogP contribution in [0.25, 0.3) is 0 Å². The highest BCUT2D eigenvalue weighted by atomic mass is 19.4. The molecular weight excluding hydrogens is 255 g/mol. The summed E-state index contributed by atoms with van der Waals surface area (Å²) in [5.74, 6) is 0. The Bertz CT molecular complexity index is 410. The second-order valence-corrected chi connectivity index (χ2v) is 4.40. The van der Waals surface area contributed by atoms with Gasteiger partial charge in [-0.05, 0) is 5.56 Å². The molecule has 1 aromatic carbocycles. The Morgan fingerprint density at radius 3 is 2.32 bits per heavy atom. The number of alkyl halides is 3. The molecule has 2 rings (SSSR count). The lowest BCUT2D eigenvalue weighted by atomic mass is 10.0. The highest BCUT2D eigenvalue weighted by Gasteiger charge is 2.25. The van der Waals surface area contributed by atoms with E-state index >= 15 is 0 Å². The van der Waals surface area contributed by atoms with Crippen molar-refractivity contribution in [2.45, 2.75) is 12.2 Å². The predicted molar refractivity (Wildman–Crippen MR) is 66.8 cm³/mol. The van der Waals surface area contributed by atoms with Crippen LogP contribution in [-0.2, 0) is 4.74 Å². The zero-order chi connectivity index (χ0) is 13.7. The maximum Gasteiger partial charge on any atom is 0.409 e. The van der Waals surface area contributed by atoms with Crippen LogP contribution in [0.15, 0.2) is 42.5 Å². The molecule has 1 fully saturated rings. The molecule has 1 saturated heterocycles. The van der Waals surface area contributed by atoms with E-state index in [1.54, 1.807) is 0 Å². The number of allylic oxidation sites excluding steroid dienone is 1. The zero-order valence-electron chi connectivity index (χ0n) is 10.4. The molecule has 0 unspecified atom stereocenters. The van der Waals surface area contributed by atoms with E-state index in [2.05, 4.69) is 0 Å². The molecule has 0 N–H and O–H groups in total. The number of morpholine rings is 1. The maximum atomic E-state index is 12.4. The first kappa shape index (κ1) is 14.1. The Kier molecular flexibility index (Phi) is 4.61. The van der Waals surface area contributed by atoms with Crippen LogP contribution in [0.3, 0.4) is 0 Å². The Morgan fingerprint density at radius 1 is 1.11 bits per heavy atom. The van der Waals surface area contributed by atoms with Gasteiger partial charge in [0.15, 0.2) is 0 Å². The lowest BCUT2D eigenvalue weighted by Gasteiger charge is -2.33. The van der Waals surface area contributed by atoms with E-state index < -0.39 is 6.18 Å². The minimum Gasteiger partial charge on any atom is -0.379 e. The highest BCUT2D eigenvalue weighted by molar-refractivity contribution is 5.23. The van der Waals surface area contributed by atoms with Gasteiger partial charge >= 0.3 is 6.18 Å². The van der Waals surface area contributed by atoms with Crippen molar-refractivity contribution >= 4 is 0 Å². The van der Waals surface area contributed by atoms with Crippen LogP contribution >= 0.6 is 0 Å². The molecule has 1 aliphatic rings. The smallest absolute Gasteiger partial charge is 0.379 e. The molecule has 1 heterocycles. The van der Waals surface area contributed by atoms with Gasteiger partial charge in [0.05, 0.1) is 19.3 Å². The van der Waals surface area contributed by atoms with Gasteiger partial charge in [-0.3, -0.25) is 4.90 Å². The van der Waals surface area contributed by atoms with Crippen molar-refractivity contribution in [2.75, 3.05) is 26.3 Å². The lowest BCUT2D eigenvalue weighted by molar-refractivity contribution is -0.0805. The largest absolute Gasteiger partial charge is 0.409 e. The van der Waals surface area contributed by atoms with E-state index in [9.17, 15) is 13.2 Å². The number of rotatable bonds is 3. The number of hydrogen-bond acceptors (Lipinski definition) is 2. The van der Waals surface area contributed by atoms with Crippen molar-refractivity contribution in [3.05, 3.63) is 48.0 Å². The first-order chi connectivity index (χ1) is 9.06. The van der Waals surface area contributed by atoms with E-state index in [0.29, 0.717) is 32.4 Å². The van der Waals surface area contributed by atoms with Crippen molar-refractivity contribution in [1.29, 1.82) is 0 Å². The molecule has 5 heteroatoms. The molecule has 0 radical (unpaired) electrons. The average molecular weight is 271 g/mol. The van der Waals surface area contributed by atoms with Gasteiger partial charge in [0, 0.05) is 19.2 Å². The molecule has 0 bridgehead atoms. The molecule has 104 valence electrons. The topological polar surface area (TPSA) is 12.5 Å². The fraction of sp³-hybridized carbons (Fsp3) is 0.429. The fourth-order valence-corrected chi connectivity index (χ4v) is 2.15. The summed E-state index contributed by atoms with van der Waals surface area (Å²) >= 11 is 0. The molecule has 0 spiro atoms. The fourth-order valence-electron chi connectivity index (χ4n) is 2.15. The second-order valence-electron chi connectivity index (χ2n) is 4.40. The summed E-state index contributed by atoms with van der Waals surface area (Å²) in [6.07, 6.45) is -2.74. The number of ether oxygens (including phenoxy) is 1. The van der Waals surface area contributed by atoms with Gasteiger partial charge in [-0.1, -0.05) is 36.4 Å². The summed E-state index contributed by atoms with van der Waals surface area (Å²) in [5, 5.41) is 0. The van der Waals surface area contributed by atoms with Crippen molar-refractivity contribution in [3.63, 3.8) is 0 Å². The molecule has 0 amide bonds. The van der Waals surface area contributed by atoms with Gasteiger partial charge in [0.1, 0.15) is 0 Å². The molecule has 19 heavy (non-hydrogen) atoms. The minimum atomic E-state index is -4.28. The van der Waals surface area contributed by atoms with E-state index in [-0.39, 0.29) is 6.04 Å². The zero-order valence-corrected chi connectivity index (χ0v) is 10.4. The third-order valence-corrected chi connectivity index (χ3v) is 3.05. The summed E-state index contributed by atoms with van der Waals surface area (Å²) in [6, 6.07) is 8.87. The molecule has 1 atom stereocenters. The Hall–Kier alpha value is -1.33. The average Bonchev–Trinajstić information content (AvgIpc) is 2.40. The Morgan fingerprint density at radius 2 is 1.74 bits per heavy atom. The first-order valence-electron chi connectivity index (χ1n) is 6.19. The van der Waals surface area contributed by atoms with Crippen LogP contribution < -0.4 is 0 Å². The Labute approximate surface area is 110 Å². The van der Waals surface area contributed by atoms with Gasteiger partial charge in [0.2, 0.25) is 0 Å². The summed E-state index contributed by atoms with van der Waals surface area (Å²) in [4.78, 5) is 2.00. The molecule has 2 nitrogen and oxygen atoms in total. The second kappa shape index (κ2) is 6.21. The van der Waals surface area contributed by atoms with Crippen LogP contribution in [0.5, 0.6) is 0 Å². The normalized spacial score (nSPS) is 19.7. The molecule has 0 aliphatic carbocycles. The van der Waals surface area contributed by atoms with Gasteiger partial charge in [-0.2, -0.15) is 13.2 Å². The van der Waals surface area contributed by atoms with Gasteiger partial charge in [-0.15, -0.1) is 0 Å². The monoisotopic (exact) mass is 271 g/mol. The third-order valence-electron chi connectivity index (χ3n) is 3.05. The maximum absolute atomic E-state index is 12.4. The summed E-state index contributed by atoms with van der Waals surface area (Å²) in [6.45, 7) is 2.40. The lowest BCUT2D eigenvalue weighted by Crippen LogP contribution is -2.38. The van der Waals surface area contributed by atoms with E-state index in [1.807, 2.05) is 35.2 Å². The van der Waals surface area contributed by atoms with Crippen LogP contribution in [0.1, 0.15) is 11.6 Å². The predicted octanol–water partition coefficient (Wildman–Crippen LogP) is 3.18. The quantitative estimate of drug-likeness (QED) is 0.783. The summed E-state index contributed by atoms with van der Waals surface area (Å²) < 4.78 is 42.3. The first-order valence-corrected chi connectivity index (χ1v) is 6.19. The van der Waals surface area contributed by atoms with Crippen LogP contribution in [0.2, 0.25) is 0 Å². The van der Waals surface area contributed by atoms with Crippen molar-refractivity contribution in [3.8, 4) is 0 Å². The van der Waals surface area contributed by atoms with Crippen LogP contribution in [-0.4, -0.2) is 37.4 Å². The number of halogens is 3. The molecule has 1 aliphatic heterocycles. The third kappa shape index (κ3) is 4.36. The van der Waals surface area contributed by atoms with E-state index in [0.717, 1.165) is 5.56 Å².